The first-order valence-electron chi connectivity index (χ1n) is 5.51. The van der Waals surface area contributed by atoms with Crippen LogP contribution in [0.15, 0.2) is 22.7 Å². The molecule has 0 bridgehead atoms. The van der Waals surface area contributed by atoms with Gasteiger partial charge < -0.3 is 10.4 Å². The predicted octanol–water partition coefficient (Wildman–Crippen LogP) is 2.55. The zero-order valence-electron chi connectivity index (χ0n) is 8.97. The van der Waals surface area contributed by atoms with Crippen LogP contribution in [-0.2, 0) is 5.60 Å². The topological polar surface area (TPSA) is 32.3 Å². The highest BCUT2D eigenvalue weighted by molar-refractivity contribution is 9.10. The van der Waals surface area contributed by atoms with Crippen LogP contribution in [0.2, 0.25) is 0 Å². The van der Waals surface area contributed by atoms with Crippen molar-refractivity contribution in [3.63, 3.8) is 0 Å². The predicted molar refractivity (Wildman–Crippen MR) is 64.7 cm³/mol. The number of aliphatic hydroxyl groups is 1. The van der Waals surface area contributed by atoms with E-state index in [1.165, 1.54) is 0 Å². The van der Waals surface area contributed by atoms with Crippen LogP contribution < -0.4 is 5.32 Å². The van der Waals surface area contributed by atoms with E-state index in [1.54, 1.807) is 18.2 Å². The third kappa shape index (κ3) is 2.29. The second kappa shape index (κ2) is 4.82. The van der Waals surface area contributed by atoms with E-state index >= 15 is 0 Å². The van der Waals surface area contributed by atoms with Crippen molar-refractivity contribution < 1.29 is 9.50 Å². The summed E-state index contributed by atoms with van der Waals surface area (Å²) in [5.41, 5.74) is -0.622. The molecule has 1 unspecified atom stereocenters. The molecular formula is C12H15BrFNO. The summed E-state index contributed by atoms with van der Waals surface area (Å²) in [6.07, 6.45) is 2.02. The molecule has 0 aromatic heterocycles. The lowest BCUT2D eigenvalue weighted by Gasteiger charge is -2.27. The van der Waals surface area contributed by atoms with Gasteiger partial charge in [-0.2, -0.15) is 0 Å². The van der Waals surface area contributed by atoms with Gasteiger partial charge in [0.15, 0.2) is 0 Å². The van der Waals surface area contributed by atoms with Crippen LogP contribution in [0.5, 0.6) is 0 Å². The van der Waals surface area contributed by atoms with Gasteiger partial charge in [0.05, 0.1) is 10.1 Å². The number of hydrogen-bond acceptors (Lipinski definition) is 2. The Balaban J connectivity index is 2.37. The Hall–Kier alpha value is -0.450. The number of rotatable bonds is 1. The van der Waals surface area contributed by atoms with E-state index in [0.29, 0.717) is 22.9 Å². The fourth-order valence-corrected chi connectivity index (χ4v) is 2.55. The Labute approximate surface area is 103 Å². The molecule has 16 heavy (non-hydrogen) atoms. The second-order valence-electron chi connectivity index (χ2n) is 4.24. The molecule has 1 aliphatic rings. The van der Waals surface area contributed by atoms with Crippen LogP contribution in [0.25, 0.3) is 0 Å². The van der Waals surface area contributed by atoms with E-state index in [0.717, 1.165) is 19.5 Å². The Bertz CT molecular complexity index is 375. The molecule has 1 saturated heterocycles. The van der Waals surface area contributed by atoms with E-state index in [9.17, 15) is 9.50 Å². The molecule has 1 fully saturated rings. The summed E-state index contributed by atoms with van der Waals surface area (Å²) in [5, 5.41) is 13.7. The maximum atomic E-state index is 13.9. The van der Waals surface area contributed by atoms with Crippen molar-refractivity contribution >= 4 is 15.9 Å². The summed E-state index contributed by atoms with van der Waals surface area (Å²) in [6.45, 7) is 1.61. The van der Waals surface area contributed by atoms with Crippen LogP contribution in [0, 0.1) is 5.82 Å². The number of hydrogen-bond donors (Lipinski definition) is 2. The van der Waals surface area contributed by atoms with Gasteiger partial charge in [0, 0.05) is 5.56 Å². The van der Waals surface area contributed by atoms with Crippen LogP contribution in [0.1, 0.15) is 24.8 Å². The summed E-state index contributed by atoms with van der Waals surface area (Å²) < 4.78 is 14.3. The highest BCUT2D eigenvalue weighted by Gasteiger charge is 2.32. The van der Waals surface area contributed by atoms with Gasteiger partial charge in [0.1, 0.15) is 5.82 Å². The largest absolute Gasteiger partial charge is 0.385 e. The first-order chi connectivity index (χ1) is 7.63. The molecule has 88 valence electrons. The van der Waals surface area contributed by atoms with E-state index in [2.05, 4.69) is 21.2 Å². The lowest BCUT2D eigenvalue weighted by molar-refractivity contribution is 0.0205. The standard InChI is InChI=1S/C12H15BrFNO/c13-10-4-1-3-9(11(10)14)12(16)5-2-7-15-8-6-12/h1,3-4,15-16H,2,5-8H2. The molecule has 4 heteroatoms. The van der Waals surface area contributed by atoms with E-state index in [1.807, 2.05) is 0 Å². The highest BCUT2D eigenvalue weighted by atomic mass is 79.9. The molecule has 1 aromatic rings. The summed E-state index contributed by atoms with van der Waals surface area (Å²) in [5.74, 6) is -0.341. The van der Waals surface area contributed by atoms with Gasteiger partial charge in [0.25, 0.3) is 0 Å². The third-order valence-electron chi connectivity index (χ3n) is 3.11. The smallest absolute Gasteiger partial charge is 0.143 e. The summed E-state index contributed by atoms with van der Waals surface area (Å²) in [6, 6.07) is 5.08. The molecule has 0 saturated carbocycles. The molecule has 0 amide bonds. The van der Waals surface area contributed by atoms with Gasteiger partial charge in [-0.1, -0.05) is 12.1 Å². The highest BCUT2D eigenvalue weighted by Crippen LogP contribution is 2.34. The fourth-order valence-electron chi connectivity index (χ4n) is 2.18. The van der Waals surface area contributed by atoms with Crippen LogP contribution >= 0.6 is 15.9 Å². The lowest BCUT2D eigenvalue weighted by Crippen LogP contribution is -2.28. The maximum absolute atomic E-state index is 13.9. The van der Waals surface area contributed by atoms with Crippen molar-refractivity contribution in [1.82, 2.24) is 5.32 Å². The molecule has 1 aliphatic heterocycles. The number of benzene rings is 1. The molecule has 1 atom stereocenters. The molecular weight excluding hydrogens is 273 g/mol. The normalized spacial score (nSPS) is 26.4. The Kier molecular flexibility index (Phi) is 3.62. The first kappa shape index (κ1) is 12.0. The van der Waals surface area contributed by atoms with Gasteiger partial charge in [-0.25, -0.2) is 4.39 Å². The molecule has 1 heterocycles. The molecule has 0 spiro atoms. The molecule has 0 radical (unpaired) electrons. The first-order valence-corrected chi connectivity index (χ1v) is 6.30. The van der Waals surface area contributed by atoms with Gasteiger partial charge >= 0.3 is 0 Å². The van der Waals surface area contributed by atoms with Crippen molar-refractivity contribution in [3.8, 4) is 0 Å². The van der Waals surface area contributed by atoms with Gasteiger partial charge in [-0.15, -0.1) is 0 Å². The Morgan fingerprint density at radius 3 is 2.94 bits per heavy atom. The monoisotopic (exact) mass is 287 g/mol. The average Bonchev–Trinajstić information content (AvgIpc) is 2.48. The molecule has 2 rings (SSSR count). The Morgan fingerprint density at radius 2 is 2.12 bits per heavy atom. The minimum absolute atomic E-state index is 0.341. The zero-order chi connectivity index (χ0) is 11.6. The van der Waals surface area contributed by atoms with E-state index in [-0.39, 0.29) is 5.82 Å². The van der Waals surface area contributed by atoms with Crippen LogP contribution in [0.4, 0.5) is 4.39 Å². The number of halogens is 2. The van der Waals surface area contributed by atoms with Gasteiger partial charge in [-0.05, 0) is 54.3 Å². The maximum Gasteiger partial charge on any atom is 0.143 e. The summed E-state index contributed by atoms with van der Waals surface area (Å²) in [7, 11) is 0. The average molecular weight is 288 g/mol. The van der Waals surface area contributed by atoms with Gasteiger partial charge in [0.2, 0.25) is 0 Å². The Morgan fingerprint density at radius 1 is 1.31 bits per heavy atom. The van der Waals surface area contributed by atoms with Crippen molar-refractivity contribution in [2.75, 3.05) is 13.1 Å². The van der Waals surface area contributed by atoms with Crippen molar-refractivity contribution in [2.24, 2.45) is 0 Å². The van der Waals surface area contributed by atoms with Crippen LogP contribution in [-0.4, -0.2) is 18.2 Å². The van der Waals surface area contributed by atoms with E-state index in [4.69, 9.17) is 0 Å². The lowest BCUT2D eigenvalue weighted by atomic mass is 9.86. The fraction of sp³-hybridized carbons (Fsp3) is 0.500. The van der Waals surface area contributed by atoms with Crippen LogP contribution in [0.3, 0.4) is 0 Å². The van der Waals surface area contributed by atoms with Gasteiger partial charge in [-0.3, -0.25) is 0 Å². The molecule has 1 aromatic carbocycles. The SMILES string of the molecule is OC1(c2cccc(Br)c2F)CCCNCC1. The molecule has 2 N–H and O–H groups in total. The van der Waals surface area contributed by atoms with E-state index < -0.39 is 5.60 Å². The van der Waals surface area contributed by atoms with Crippen molar-refractivity contribution in [1.29, 1.82) is 0 Å². The summed E-state index contributed by atoms with van der Waals surface area (Å²) in [4.78, 5) is 0. The minimum atomic E-state index is -1.03. The third-order valence-corrected chi connectivity index (χ3v) is 3.72. The number of nitrogens with one attached hydrogen (secondary N) is 1. The quantitative estimate of drug-likeness (QED) is 0.832. The molecule has 0 aliphatic carbocycles. The second-order valence-corrected chi connectivity index (χ2v) is 5.09. The summed E-state index contributed by atoms with van der Waals surface area (Å²) >= 11 is 3.15. The van der Waals surface area contributed by atoms with Crippen molar-refractivity contribution in [2.45, 2.75) is 24.9 Å². The minimum Gasteiger partial charge on any atom is -0.385 e. The van der Waals surface area contributed by atoms with Crippen molar-refractivity contribution in [3.05, 3.63) is 34.1 Å². The molecule has 2 nitrogen and oxygen atoms in total. The zero-order valence-corrected chi connectivity index (χ0v) is 10.6.